The van der Waals surface area contributed by atoms with E-state index in [4.69, 9.17) is 4.42 Å². The molecule has 0 unspecified atom stereocenters. The lowest BCUT2D eigenvalue weighted by Gasteiger charge is -2.21. The molecule has 118 valence electrons. The molecule has 0 saturated heterocycles. The second-order valence-corrected chi connectivity index (χ2v) is 5.72. The van der Waals surface area contributed by atoms with Crippen LogP contribution in [0.25, 0.3) is 11.1 Å². The van der Waals surface area contributed by atoms with Crippen LogP contribution in [-0.2, 0) is 13.6 Å². The Hall–Kier alpha value is -2.75. The second kappa shape index (κ2) is 6.16. The highest BCUT2D eigenvalue weighted by molar-refractivity contribution is 5.97. The lowest BCUT2D eigenvalue weighted by atomic mass is 10.1. The van der Waals surface area contributed by atoms with Crippen LogP contribution < -0.4 is 0 Å². The minimum Gasteiger partial charge on any atom is -0.463 e. The highest BCUT2D eigenvalue weighted by Crippen LogP contribution is 2.21. The molecule has 23 heavy (non-hydrogen) atoms. The third-order valence-electron chi connectivity index (χ3n) is 4.01. The quantitative estimate of drug-likeness (QED) is 0.670. The Morgan fingerprint density at radius 1 is 1.30 bits per heavy atom. The first-order chi connectivity index (χ1) is 11.1. The van der Waals surface area contributed by atoms with Crippen LogP contribution in [0.4, 0.5) is 0 Å². The molecule has 0 fully saturated rings. The smallest absolute Gasteiger partial charge is 0.271 e. The van der Waals surface area contributed by atoms with Crippen LogP contribution in [0.3, 0.4) is 0 Å². The molecule has 2 aromatic heterocycles. The molecule has 4 nitrogen and oxygen atoms in total. The van der Waals surface area contributed by atoms with E-state index < -0.39 is 0 Å². The molecule has 0 N–H and O–H groups in total. The zero-order chi connectivity index (χ0) is 16.4. The van der Waals surface area contributed by atoms with E-state index in [9.17, 15) is 4.79 Å². The van der Waals surface area contributed by atoms with Crippen molar-refractivity contribution in [2.75, 3.05) is 6.54 Å². The normalized spacial score (nSPS) is 10.9. The Balaban J connectivity index is 1.88. The summed E-state index contributed by atoms with van der Waals surface area (Å²) in [4.78, 5) is 14.7. The van der Waals surface area contributed by atoms with Gasteiger partial charge >= 0.3 is 0 Å². The summed E-state index contributed by atoms with van der Waals surface area (Å²) in [6, 6.07) is 11.9. The van der Waals surface area contributed by atoms with E-state index >= 15 is 0 Å². The number of furan rings is 1. The maximum absolute atomic E-state index is 12.9. The van der Waals surface area contributed by atoms with Crippen LogP contribution in [0.2, 0.25) is 0 Å². The number of nitrogens with zero attached hydrogens (tertiary/aromatic N) is 2. The number of carbonyl (C=O) groups is 1. The van der Waals surface area contributed by atoms with Gasteiger partial charge in [0.2, 0.25) is 0 Å². The zero-order valence-electron chi connectivity index (χ0n) is 13.5. The Labute approximate surface area is 135 Å². The fraction of sp³-hybridized carbons (Fsp3) is 0.211. The van der Waals surface area contributed by atoms with Gasteiger partial charge in [-0.05, 0) is 12.5 Å². The number of rotatable bonds is 5. The molecular weight excluding hydrogens is 288 g/mol. The number of amides is 1. The van der Waals surface area contributed by atoms with Crippen molar-refractivity contribution in [2.45, 2.75) is 13.5 Å². The topological polar surface area (TPSA) is 38.4 Å². The lowest BCUT2D eigenvalue weighted by molar-refractivity contribution is 0.0753. The van der Waals surface area contributed by atoms with Crippen molar-refractivity contribution < 1.29 is 9.21 Å². The Morgan fingerprint density at radius 2 is 2.04 bits per heavy atom. The van der Waals surface area contributed by atoms with Gasteiger partial charge in [-0.25, -0.2) is 0 Å². The van der Waals surface area contributed by atoms with Crippen molar-refractivity contribution in [3.63, 3.8) is 0 Å². The molecule has 0 aliphatic rings. The van der Waals surface area contributed by atoms with Crippen LogP contribution in [0.5, 0.6) is 0 Å². The van der Waals surface area contributed by atoms with Crippen LogP contribution in [0, 0.1) is 6.92 Å². The number of aryl methyl sites for hydroxylation is 2. The van der Waals surface area contributed by atoms with Crippen LogP contribution in [-0.4, -0.2) is 21.9 Å². The van der Waals surface area contributed by atoms with Gasteiger partial charge in [-0.1, -0.05) is 35.9 Å². The summed E-state index contributed by atoms with van der Waals surface area (Å²) in [7, 11) is 1.88. The Kier molecular flexibility index (Phi) is 4.06. The minimum absolute atomic E-state index is 0.0284. The van der Waals surface area contributed by atoms with E-state index in [0.29, 0.717) is 18.8 Å². The number of fused-ring (bicyclic) bond motifs is 1. The van der Waals surface area contributed by atoms with Gasteiger partial charge in [0.1, 0.15) is 5.69 Å². The summed E-state index contributed by atoms with van der Waals surface area (Å²) in [6.45, 7) is 6.87. The van der Waals surface area contributed by atoms with Crippen LogP contribution in [0.1, 0.15) is 21.6 Å². The maximum atomic E-state index is 12.9. The molecule has 2 heterocycles. The van der Waals surface area contributed by atoms with Crippen molar-refractivity contribution in [3.8, 4) is 0 Å². The molecule has 0 saturated carbocycles. The SMILES string of the molecule is C=CCN(Cc1ccc(C)cc1)C(=O)c1cc2occc2n1C. The molecule has 0 aliphatic heterocycles. The summed E-state index contributed by atoms with van der Waals surface area (Å²) in [5.41, 5.74) is 4.57. The summed E-state index contributed by atoms with van der Waals surface area (Å²) in [6.07, 6.45) is 3.38. The van der Waals surface area contributed by atoms with E-state index in [1.165, 1.54) is 5.56 Å². The molecule has 4 heteroatoms. The molecule has 0 aliphatic carbocycles. The molecule has 3 aromatic rings. The van der Waals surface area contributed by atoms with Crippen molar-refractivity contribution in [1.82, 2.24) is 9.47 Å². The Morgan fingerprint density at radius 3 is 2.70 bits per heavy atom. The van der Waals surface area contributed by atoms with Crippen LogP contribution in [0.15, 0.2) is 59.7 Å². The molecule has 0 radical (unpaired) electrons. The number of aromatic nitrogens is 1. The summed E-state index contributed by atoms with van der Waals surface area (Å²) < 4.78 is 7.26. The molecule has 3 rings (SSSR count). The van der Waals surface area contributed by atoms with Gasteiger partial charge in [-0.2, -0.15) is 0 Å². The molecule has 0 bridgehead atoms. The second-order valence-electron chi connectivity index (χ2n) is 5.72. The van der Waals surface area contributed by atoms with Crippen molar-refractivity contribution in [2.24, 2.45) is 7.05 Å². The van der Waals surface area contributed by atoms with Gasteiger partial charge in [-0.15, -0.1) is 6.58 Å². The van der Waals surface area contributed by atoms with Gasteiger partial charge in [-0.3, -0.25) is 4.79 Å². The number of hydrogen-bond donors (Lipinski definition) is 0. The van der Waals surface area contributed by atoms with E-state index in [-0.39, 0.29) is 5.91 Å². The Bertz CT molecular complexity index is 840. The number of hydrogen-bond acceptors (Lipinski definition) is 2. The highest BCUT2D eigenvalue weighted by atomic mass is 16.3. The summed E-state index contributed by atoms with van der Waals surface area (Å²) in [5, 5.41) is 0. The fourth-order valence-electron chi connectivity index (χ4n) is 2.71. The number of carbonyl (C=O) groups excluding carboxylic acids is 1. The first kappa shape index (κ1) is 15.2. The molecule has 1 aromatic carbocycles. The van der Waals surface area contributed by atoms with Crippen molar-refractivity contribution >= 4 is 17.0 Å². The average molecular weight is 308 g/mol. The van der Waals surface area contributed by atoms with Gasteiger partial charge in [0.05, 0.1) is 11.8 Å². The lowest BCUT2D eigenvalue weighted by Crippen LogP contribution is -2.32. The third kappa shape index (κ3) is 2.93. The predicted octanol–water partition coefficient (Wildman–Crippen LogP) is 3.91. The summed E-state index contributed by atoms with van der Waals surface area (Å²) in [5.74, 6) is -0.0284. The fourth-order valence-corrected chi connectivity index (χ4v) is 2.71. The summed E-state index contributed by atoms with van der Waals surface area (Å²) >= 11 is 0. The van der Waals surface area contributed by atoms with Crippen molar-refractivity contribution in [3.05, 3.63) is 72.1 Å². The van der Waals surface area contributed by atoms with E-state index in [2.05, 4.69) is 37.8 Å². The van der Waals surface area contributed by atoms with Gasteiger partial charge < -0.3 is 13.9 Å². The van der Waals surface area contributed by atoms with E-state index in [1.807, 2.05) is 17.7 Å². The van der Waals surface area contributed by atoms with E-state index in [1.54, 1.807) is 23.3 Å². The van der Waals surface area contributed by atoms with Gasteiger partial charge in [0.15, 0.2) is 5.58 Å². The zero-order valence-corrected chi connectivity index (χ0v) is 13.5. The average Bonchev–Trinajstić information content (AvgIpc) is 3.12. The first-order valence-corrected chi connectivity index (χ1v) is 7.59. The molecule has 0 spiro atoms. The largest absolute Gasteiger partial charge is 0.463 e. The minimum atomic E-state index is -0.0284. The molecular formula is C19H20N2O2. The standard InChI is InChI=1S/C19H20N2O2/c1-4-10-21(13-15-7-5-14(2)6-8-15)19(22)17-12-18-16(20(17)3)9-11-23-18/h4-9,11-12H,1,10,13H2,2-3H3. The first-order valence-electron chi connectivity index (χ1n) is 7.59. The van der Waals surface area contributed by atoms with Gasteiger partial charge in [0.25, 0.3) is 5.91 Å². The highest BCUT2D eigenvalue weighted by Gasteiger charge is 2.20. The number of benzene rings is 1. The molecule has 0 atom stereocenters. The van der Waals surface area contributed by atoms with E-state index in [0.717, 1.165) is 16.7 Å². The monoisotopic (exact) mass is 308 g/mol. The van der Waals surface area contributed by atoms with Crippen LogP contribution >= 0.6 is 0 Å². The third-order valence-corrected chi connectivity index (χ3v) is 4.01. The predicted molar refractivity (Wildman–Crippen MR) is 91.3 cm³/mol. The van der Waals surface area contributed by atoms with Gasteiger partial charge in [0, 0.05) is 32.3 Å². The molecule has 1 amide bonds. The maximum Gasteiger partial charge on any atom is 0.271 e. The van der Waals surface area contributed by atoms with Crippen molar-refractivity contribution in [1.29, 1.82) is 0 Å².